The van der Waals surface area contributed by atoms with E-state index in [-0.39, 0.29) is 40.8 Å². The number of ether oxygens (including phenoxy) is 2. The average Bonchev–Trinajstić information content (AvgIpc) is 2.48. The van der Waals surface area contributed by atoms with E-state index in [0.29, 0.717) is 11.3 Å². The lowest BCUT2D eigenvalue weighted by Crippen LogP contribution is -2.20. The summed E-state index contributed by atoms with van der Waals surface area (Å²) in [5, 5.41) is 29.4. The molecular weight excluding hydrogens is 288 g/mol. The van der Waals surface area contributed by atoms with E-state index in [1.165, 1.54) is 37.4 Å². The van der Waals surface area contributed by atoms with Gasteiger partial charge in [0.2, 0.25) is 0 Å². The Kier molecular flexibility index (Phi) is 3.29. The molecule has 0 spiro atoms. The van der Waals surface area contributed by atoms with E-state index in [2.05, 4.69) is 0 Å². The fourth-order valence-corrected chi connectivity index (χ4v) is 2.51. The molecule has 3 rings (SSSR count). The molecule has 0 saturated heterocycles. The van der Waals surface area contributed by atoms with Crippen LogP contribution in [0.15, 0.2) is 30.3 Å². The summed E-state index contributed by atoms with van der Waals surface area (Å²) in [7, 11) is 1.43. The minimum Gasteiger partial charge on any atom is -0.508 e. The first-order chi connectivity index (χ1) is 10.5. The topological polar surface area (TPSA) is 96.2 Å². The van der Waals surface area contributed by atoms with Crippen molar-refractivity contribution in [2.45, 2.75) is 12.5 Å². The monoisotopic (exact) mass is 302 g/mol. The quantitative estimate of drug-likeness (QED) is 0.738. The van der Waals surface area contributed by atoms with Crippen LogP contribution in [0.3, 0.4) is 0 Å². The highest BCUT2D eigenvalue weighted by Gasteiger charge is 2.32. The van der Waals surface area contributed by atoms with Gasteiger partial charge in [-0.25, -0.2) is 0 Å². The van der Waals surface area contributed by atoms with Crippen molar-refractivity contribution in [3.05, 3.63) is 41.5 Å². The lowest BCUT2D eigenvalue weighted by atomic mass is 9.95. The molecule has 1 heterocycles. The Balaban J connectivity index is 2.05. The van der Waals surface area contributed by atoms with Crippen molar-refractivity contribution in [1.82, 2.24) is 0 Å². The van der Waals surface area contributed by atoms with Gasteiger partial charge in [-0.1, -0.05) is 0 Å². The summed E-state index contributed by atoms with van der Waals surface area (Å²) < 4.78 is 10.8. The van der Waals surface area contributed by atoms with Gasteiger partial charge in [0.05, 0.1) is 13.5 Å². The second-order valence-electron chi connectivity index (χ2n) is 5.00. The zero-order chi connectivity index (χ0) is 15.9. The smallest absolute Gasteiger partial charge is 0.174 e. The highest BCUT2D eigenvalue weighted by molar-refractivity contribution is 6.02. The van der Waals surface area contributed by atoms with Gasteiger partial charge in [-0.3, -0.25) is 4.79 Å². The minimum atomic E-state index is -0.751. The maximum absolute atomic E-state index is 12.3. The van der Waals surface area contributed by atoms with Gasteiger partial charge in [-0.05, 0) is 18.2 Å². The van der Waals surface area contributed by atoms with Crippen molar-refractivity contribution in [3.8, 4) is 28.7 Å². The molecule has 1 aliphatic heterocycles. The molecule has 6 heteroatoms. The van der Waals surface area contributed by atoms with E-state index in [4.69, 9.17) is 9.47 Å². The first-order valence-corrected chi connectivity index (χ1v) is 6.62. The molecule has 6 nitrogen and oxygen atoms in total. The molecule has 0 radical (unpaired) electrons. The molecule has 0 amide bonds. The lowest BCUT2D eigenvalue weighted by Gasteiger charge is -2.26. The predicted octanol–water partition coefficient (Wildman–Crippen LogP) is 2.52. The molecule has 114 valence electrons. The SMILES string of the molecule is COc1cc(O)c2c(c1)OC(c1cc(O)ccc1O)CC2=O. The molecule has 0 fully saturated rings. The van der Waals surface area contributed by atoms with Crippen LogP contribution in [0.4, 0.5) is 0 Å². The highest BCUT2D eigenvalue weighted by Crippen LogP contribution is 2.43. The van der Waals surface area contributed by atoms with Crippen LogP contribution in [0.5, 0.6) is 28.7 Å². The first kappa shape index (κ1) is 14.1. The number of ketones is 1. The standard InChI is InChI=1S/C16H14O6/c1-21-9-5-12(19)16-13(20)7-14(22-15(16)6-9)10-4-8(17)2-3-11(10)18/h2-6,14,17-19H,7H2,1H3. The molecule has 2 aromatic rings. The van der Waals surface area contributed by atoms with E-state index in [0.717, 1.165) is 0 Å². The molecule has 1 atom stereocenters. The van der Waals surface area contributed by atoms with Crippen LogP contribution in [0.1, 0.15) is 28.4 Å². The maximum Gasteiger partial charge on any atom is 0.174 e. The Labute approximate surface area is 126 Å². The molecule has 1 unspecified atom stereocenters. The van der Waals surface area contributed by atoms with E-state index >= 15 is 0 Å². The van der Waals surface area contributed by atoms with Crippen molar-refractivity contribution < 1.29 is 29.6 Å². The molecule has 22 heavy (non-hydrogen) atoms. The molecule has 0 saturated carbocycles. The van der Waals surface area contributed by atoms with Crippen LogP contribution < -0.4 is 9.47 Å². The van der Waals surface area contributed by atoms with Gasteiger partial charge in [-0.15, -0.1) is 0 Å². The summed E-state index contributed by atoms with van der Waals surface area (Å²) in [5.74, 6) is -0.105. The molecule has 1 aliphatic rings. The van der Waals surface area contributed by atoms with Gasteiger partial charge in [0, 0.05) is 17.7 Å². The summed E-state index contributed by atoms with van der Waals surface area (Å²) in [4.78, 5) is 12.3. The number of carbonyl (C=O) groups is 1. The zero-order valence-electron chi connectivity index (χ0n) is 11.7. The Morgan fingerprint density at radius 1 is 1.14 bits per heavy atom. The molecule has 0 bridgehead atoms. The number of carbonyl (C=O) groups excluding carboxylic acids is 1. The number of aromatic hydroxyl groups is 3. The van der Waals surface area contributed by atoms with Crippen molar-refractivity contribution in [3.63, 3.8) is 0 Å². The molecule has 0 aliphatic carbocycles. The Bertz CT molecular complexity index is 753. The Morgan fingerprint density at radius 3 is 2.64 bits per heavy atom. The number of hydrogen-bond acceptors (Lipinski definition) is 6. The van der Waals surface area contributed by atoms with Gasteiger partial charge < -0.3 is 24.8 Å². The lowest BCUT2D eigenvalue weighted by molar-refractivity contribution is 0.0841. The largest absolute Gasteiger partial charge is 0.508 e. The number of methoxy groups -OCH3 is 1. The van der Waals surface area contributed by atoms with E-state index in [1.54, 1.807) is 0 Å². The summed E-state index contributed by atoms with van der Waals surface area (Å²) >= 11 is 0. The number of phenols is 3. The van der Waals surface area contributed by atoms with Crippen LogP contribution in [0.2, 0.25) is 0 Å². The van der Waals surface area contributed by atoms with E-state index in [1.807, 2.05) is 0 Å². The third-order valence-corrected chi connectivity index (χ3v) is 3.57. The Morgan fingerprint density at radius 2 is 1.91 bits per heavy atom. The van der Waals surface area contributed by atoms with Crippen molar-refractivity contribution in [2.24, 2.45) is 0 Å². The summed E-state index contributed by atoms with van der Waals surface area (Å²) in [5.41, 5.74) is 0.401. The second-order valence-corrected chi connectivity index (χ2v) is 5.00. The van der Waals surface area contributed by atoms with Gasteiger partial charge in [-0.2, -0.15) is 0 Å². The molecule has 2 aromatic carbocycles. The summed E-state index contributed by atoms with van der Waals surface area (Å²) in [6.07, 6.45) is -0.803. The van der Waals surface area contributed by atoms with Crippen molar-refractivity contribution in [2.75, 3.05) is 7.11 Å². The third-order valence-electron chi connectivity index (χ3n) is 3.57. The van der Waals surface area contributed by atoms with Crippen LogP contribution in [-0.4, -0.2) is 28.2 Å². The van der Waals surface area contributed by atoms with E-state index in [9.17, 15) is 20.1 Å². The number of Topliss-reactive ketones (excluding diaryl/α,β-unsaturated/α-hetero) is 1. The number of phenolic OH excluding ortho intramolecular Hbond substituents is 3. The van der Waals surface area contributed by atoms with Gasteiger partial charge >= 0.3 is 0 Å². The number of benzene rings is 2. The number of fused-ring (bicyclic) bond motifs is 1. The average molecular weight is 302 g/mol. The van der Waals surface area contributed by atoms with Crippen molar-refractivity contribution >= 4 is 5.78 Å². The third kappa shape index (κ3) is 2.28. The summed E-state index contributed by atoms with van der Waals surface area (Å²) in [6.45, 7) is 0. The van der Waals surface area contributed by atoms with Gasteiger partial charge in [0.25, 0.3) is 0 Å². The molecule has 0 aromatic heterocycles. The number of hydrogen-bond donors (Lipinski definition) is 3. The second kappa shape index (κ2) is 5.14. The normalized spacial score (nSPS) is 16.8. The van der Waals surface area contributed by atoms with Crippen LogP contribution >= 0.6 is 0 Å². The fraction of sp³-hybridized carbons (Fsp3) is 0.188. The van der Waals surface area contributed by atoms with Crippen LogP contribution in [0, 0.1) is 0 Å². The van der Waals surface area contributed by atoms with Crippen molar-refractivity contribution in [1.29, 1.82) is 0 Å². The maximum atomic E-state index is 12.3. The van der Waals surface area contributed by atoms with Gasteiger partial charge in [0.1, 0.15) is 40.4 Å². The highest BCUT2D eigenvalue weighted by atomic mass is 16.5. The Hall–Kier alpha value is -2.89. The first-order valence-electron chi connectivity index (χ1n) is 6.62. The van der Waals surface area contributed by atoms with Crippen LogP contribution in [-0.2, 0) is 0 Å². The predicted molar refractivity (Wildman–Crippen MR) is 76.7 cm³/mol. The fourth-order valence-electron chi connectivity index (χ4n) is 2.51. The minimum absolute atomic E-state index is 0.0388. The molecular formula is C16H14O6. The zero-order valence-corrected chi connectivity index (χ0v) is 11.7. The summed E-state index contributed by atoms with van der Waals surface area (Å²) in [6, 6.07) is 6.85. The molecule has 3 N–H and O–H groups in total. The van der Waals surface area contributed by atoms with Crippen LogP contribution in [0.25, 0.3) is 0 Å². The number of rotatable bonds is 2. The van der Waals surface area contributed by atoms with Gasteiger partial charge in [0.15, 0.2) is 5.78 Å². The van der Waals surface area contributed by atoms with E-state index < -0.39 is 6.10 Å².